The largest absolute Gasteiger partial charge is 0.378 e. The maximum atomic E-state index is 5.54. The van der Waals surface area contributed by atoms with E-state index in [1.54, 1.807) is 0 Å². The van der Waals surface area contributed by atoms with Crippen molar-refractivity contribution in [3.05, 3.63) is 30.1 Å². The van der Waals surface area contributed by atoms with Crippen molar-refractivity contribution in [1.29, 1.82) is 0 Å². The number of nitrogens with zero attached hydrogens (tertiary/aromatic N) is 5. The average Bonchev–Trinajstić information content (AvgIpc) is 3.28. The Kier molecular flexibility index (Phi) is 4.49. The molecule has 3 aliphatic rings. The van der Waals surface area contributed by atoms with Crippen molar-refractivity contribution in [3.8, 4) is 0 Å². The van der Waals surface area contributed by atoms with Crippen molar-refractivity contribution in [2.45, 2.75) is 19.3 Å². The second-order valence-electron chi connectivity index (χ2n) is 7.38. The zero-order valence-corrected chi connectivity index (χ0v) is 15.6. The van der Waals surface area contributed by atoms with Gasteiger partial charge in [-0.2, -0.15) is 0 Å². The van der Waals surface area contributed by atoms with Crippen molar-refractivity contribution in [1.82, 2.24) is 9.97 Å². The summed E-state index contributed by atoms with van der Waals surface area (Å²) >= 11 is 0. The maximum absolute atomic E-state index is 5.54. The van der Waals surface area contributed by atoms with Gasteiger partial charge in [-0.05, 0) is 31.4 Å². The molecule has 2 fully saturated rings. The number of allylic oxidation sites excluding steroid dienone is 1. The summed E-state index contributed by atoms with van der Waals surface area (Å²) < 4.78 is 5.54. The first kappa shape index (κ1) is 16.7. The molecular formula is C21H25N5O. The van der Waals surface area contributed by atoms with Gasteiger partial charge in [-0.1, -0.05) is 0 Å². The predicted octanol–water partition coefficient (Wildman–Crippen LogP) is 2.92. The molecule has 140 valence electrons. The molecule has 6 heteroatoms. The number of morpholine rings is 1. The number of anilines is 2. The number of piperidine rings is 1. The highest BCUT2D eigenvalue weighted by Crippen LogP contribution is 2.35. The molecule has 5 heterocycles. The van der Waals surface area contributed by atoms with Gasteiger partial charge in [-0.3, -0.25) is 9.98 Å². The van der Waals surface area contributed by atoms with E-state index >= 15 is 0 Å². The van der Waals surface area contributed by atoms with Gasteiger partial charge in [0.2, 0.25) is 0 Å². The molecule has 27 heavy (non-hydrogen) atoms. The number of hydrogen-bond donors (Lipinski definition) is 0. The van der Waals surface area contributed by atoms with Gasteiger partial charge in [-0.25, -0.2) is 4.98 Å². The molecule has 0 radical (unpaired) electrons. The van der Waals surface area contributed by atoms with Gasteiger partial charge in [0.15, 0.2) is 0 Å². The zero-order chi connectivity index (χ0) is 18.1. The molecular weight excluding hydrogens is 338 g/mol. The van der Waals surface area contributed by atoms with Crippen LogP contribution in [0.2, 0.25) is 0 Å². The Morgan fingerprint density at radius 3 is 2.59 bits per heavy atom. The first-order chi connectivity index (χ1) is 13.4. The molecule has 2 saturated heterocycles. The summed E-state index contributed by atoms with van der Waals surface area (Å²) in [6.45, 7) is 6.22. The highest BCUT2D eigenvalue weighted by Gasteiger charge is 2.22. The standard InChI is InChI=1S/C21H25N5O/c1-2-8-25(9-3-1)18-14-19(26-10-12-27-13-11-26)24-21-17(18)5-7-23-20(21)16-4-6-22-15-16/h4-7,14H,1-3,8-13,15H2. The van der Waals surface area contributed by atoms with E-state index in [1.807, 2.05) is 12.4 Å². The minimum Gasteiger partial charge on any atom is -0.378 e. The molecule has 5 rings (SSSR count). The number of aromatic nitrogens is 2. The summed E-state index contributed by atoms with van der Waals surface area (Å²) in [6, 6.07) is 4.40. The van der Waals surface area contributed by atoms with Gasteiger partial charge in [0, 0.05) is 61.3 Å². The number of rotatable bonds is 3. The van der Waals surface area contributed by atoms with Gasteiger partial charge < -0.3 is 14.5 Å². The highest BCUT2D eigenvalue weighted by molar-refractivity contribution is 6.01. The fraction of sp³-hybridized carbons (Fsp3) is 0.476. The molecule has 0 spiro atoms. The van der Waals surface area contributed by atoms with Gasteiger partial charge in [0.05, 0.1) is 25.5 Å². The third-order valence-electron chi connectivity index (χ3n) is 5.67. The Morgan fingerprint density at radius 2 is 1.81 bits per heavy atom. The summed E-state index contributed by atoms with van der Waals surface area (Å²) in [4.78, 5) is 19.0. The summed E-state index contributed by atoms with van der Waals surface area (Å²) in [5.41, 5.74) is 4.42. The third-order valence-corrected chi connectivity index (χ3v) is 5.67. The molecule has 0 aliphatic carbocycles. The van der Waals surface area contributed by atoms with Crippen LogP contribution in [0.1, 0.15) is 25.0 Å². The van der Waals surface area contributed by atoms with Gasteiger partial charge in [-0.15, -0.1) is 0 Å². The molecule has 2 aromatic heterocycles. The molecule has 2 aromatic rings. The molecule has 0 bridgehead atoms. The Balaban J connectivity index is 1.67. The lowest BCUT2D eigenvalue weighted by atomic mass is 10.0. The highest BCUT2D eigenvalue weighted by atomic mass is 16.5. The van der Waals surface area contributed by atoms with Crippen LogP contribution in [0.4, 0.5) is 11.5 Å². The lowest BCUT2D eigenvalue weighted by Gasteiger charge is -2.33. The van der Waals surface area contributed by atoms with E-state index in [9.17, 15) is 0 Å². The topological polar surface area (TPSA) is 53.9 Å². The molecule has 3 aliphatic heterocycles. The second kappa shape index (κ2) is 7.27. The van der Waals surface area contributed by atoms with Crippen molar-refractivity contribution in [2.75, 3.05) is 55.7 Å². The van der Waals surface area contributed by atoms with E-state index in [0.717, 1.165) is 62.0 Å². The Bertz CT molecular complexity index is 895. The van der Waals surface area contributed by atoms with Crippen LogP contribution in [0.25, 0.3) is 16.5 Å². The molecule has 0 saturated carbocycles. The second-order valence-corrected chi connectivity index (χ2v) is 7.38. The van der Waals surface area contributed by atoms with Gasteiger partial charge >= 0.3 is 0 Å². The summed E-state index contributed by atoms with van der Waals surface area (Å²) in [6.07, 6.45) is 9.69. The van der Waals surface area contributed by atoms with Crippen LogP contribution < -0.4 is 9.80 Å². The Hall–Kier alpha value is -2.47. The lowest BCUT2D eigenvalue weighted by molar-refractivity contribution is 0.122. The first-order valence-corrected chi connectivity index (χ1v) is 9.97. The van der Waals surface area contributed by atoms with Crippen LogP contribution in [-0.2, 0) is 4.74 Å². The summed E-state index contributed by atoms with van der Waals surface area (Å²) in [5, 5.41) is 1.20. The minimum absolute atomic E-state index is 0.689. The SMILES string of the molecule is C1=NCC(c2nccc3c(N4CCCCC4)cc(N4CCOCC4)nc23)=C1. The van der Waals surface area contributed by atoms with Crippen LogP contribution in [0.3, 0.4) is 0 Å². The number of fused-ring (bicyclic) bond motifs is 1. The van der Waals surface area contributed by atoms with Crippen molar-refractivity contribution < 1.29 is 4.74 Å². The normalized spacial score (nSPS) is 20.4. The number of pyridine rings is 2. The van der Waals surface area contributed by atoms with Crippen LogP contribution >= 0.6 is 0 Å². The zero-order valence-electron chi connectivity index (χ0n) is 15.6. The molecule has 0 N–H and O–H groups in total. The monoisotopic (exact) mass is 363 g/mol. The van der Waals surface area contributed by atoms with Crippen LogP contribution in [-0.4, -0.2) is 62.1 Å². The molecule has 6 nitrogen and oxygen atoms in total. The van der Waals surface area contributed by atoms with Crippen molar-refractivity contribution in [2.24, 2.45) is 4.99 Å². The summed E-state index contributed by atoms with van der Waals surface area (Å²) in [7, 11) is 0. The minimum atomic E-state index is 0.689. The maximum Gasteiger partial charge on any atom is 0.131 e. The van der Waals surface area contributed by atoms with Crippen LogP contribution in [0.15, 0.2) is 29.4 Å². The first-order valence-electron chi connectivity index (χ1n) is 9.97. The van der Waals surface area contributed by atoms with Crippen molar-refractivity contribution in [3.63, 3.8) is 0 Å². The number of aliphatic imine (C=N–C) groups is 1. The third kappa shape index (κ3) is 3.18. The number of hydrogen-bond acceptors (Lipinski definition) is 6. The van der Waals surface area contributed by atoms with E-state index < -0.39 is 0 Å². The molecule has 0 atom stereocenters. The lowest BCUT2D eigenvalue weighted by Crippen LogP contribution is -2.37. The van der Waals surface area contributed by atoms with Crippen LogP contribution in [0, 0.1) is 0 Å². The van der Waals surface area contributed by atoms with Gasteiger partial charge in [0.1, 0.15) is 11.3 Å². The molecule has 0 amide bonds. The predicted molar refractivity (Wildman–Crippen MR) is 110 cm³/mol. The van der Waals surface area contributed by atoms with E-state index in [0.29, 0.717) is 6.54 Å². The van der Waals surface area contributed by atoms with Crippen LogP contribution in [0.5, 0.6) is 0 Å². The van der Waals surface area contributed by atoms with E-state index in [1.165, 1.54) is 30.3 Å². The fourth-order valence-electron chi connectivity index (χ4n) is 4.21. The fourth-order valence-corrected chi connectivity index (χ4v) is 4.21. The molecule has 0 aromatic carbocycles. The Labute approximate surface area is 159 Å². The average molecular weight is 363 g/mol. The molecule has 0 unspecified atom stereocenters. The van der Waals surface area contributed by atoms with E-state index in [2.05, 4.69) is 38.0 Å². The number of ether oxygens (including phenoxy) is 1. The van der Waals surface area contributed by atoms with E-state index in [-0.39, 0.29) is 0 Å². The summed E-state index contributed by atoms with van der Waals surface area (Å²) in [5.74, 6) is 1.04. The van der Waals surface area contributed by atoms with E-state index in [4.69, 9.17) is 9.72 Å². The Morgan fingerprint density at radius 1 is 0.963 bits per heavy atom. The van der Waals surface area contributed by atoms with Crippen molar-refractivity contribution >= 4 is 34.2 Å². The van der Waals surface area contributed by atoms with Gasteiger partial charge in [0.25, 0.3) is 0 Å². The smallest absolute Gasteiger partial charge is 0.131 e. The quantitative estimate of drug-likeness (QED) is 0.839.